The molecule has 0 bridgehead atoms. The number of hydrogen-bond donors (Lipinski definition) is 0. The summed E-state index contributed by atoms with van der Waals surface area (Å²) in [5.41, 5.74) is 0. The quantitative estimate of drug-likeness (QED) is 0.319. The van der Waals surface area contributed by atoms with Crippen molar-refractivity contribution < 1.29 is 99.2 Å². The molecule has 0 N–H and O–H groups in total. The third kappa shape index (κ3) is 13.6. The molecule has 0 atom stereocenters. The predicted molar refractivity (Wildman–Crippen MR) is 53.5 cm³/mol. The minimum atomic E-state index is -5.40. The molecule has 0 aliphatic carbocycles. The second-order valence-corrected chi connectivity index (χ2v) is 4.04. The molecule has 0 saturated heterocycles. The Morgan fingerprint density at radius 3 is 0.593 bits per heavy atom. The van der Waals surface area contributed by atoms with Crippen molar-refractivity contribution in [3.05, 3.63) is 0 Å². The molecule has 0 radical (unpaired) electrons. The molecule has 0 saturated carbocycles. The average molecular weight is 529 g/mol. The Bertz CT molecular complexity index is 456. The molecule has 0 aromatic heterocycles. The molecule has 154 valence electrons. The number of Topliss-reactive ketones (excluding diaryl/α,β-unsaturated/α-hetero) is 4. The fourth-order valence-corrected chi connectivity index (χ4v) is 0.693. The van der Waals surface area contributed by atoms with E-state index in [0.29, 0.717) is 0 Å². The zero-order chi connectivity index (χ0) is 21.7. The van der Waals surface area contributed by atoms with Gasteiger partial charge in [0.2, 0.25) is 23.1 Å². The third-order valence-corrected chi connectivity index (χ3v) is 1.91. The topological polar surface area (TPSA) is 68.3 Å². The number of ketones is 4. The van der Waals surface area contributed by atoms with E-state index in [4.69, 9.17) is 0 Å². The number of hydrogen-bond acceptors (Lipinski definition) is 4. The summed E-state index contributed by atoms with van der Waals surface area (Å²) >= 11 is 0. The summed E-state index contributed by atoms with van der Waals surface area (Å²) in [5, 5.41) is 0. The van der Waals surface area contributed by atoms with Crippen molar-refractivity contribution in [2.24, 2.45) is 0 Å². The molecule has 0 spiro atoms. The maximum Gasteiger partial charge on any atom is 0.450 e. The molecule has 0 rings (SSSR count). The summed E-state index contributed by atoms with van der Waals surface area (Å²) in [5.74, 6) is -10.8. The van der Waals surface area contributed by atoms with Gasteiger partial charge in [0.1, 0.15) is 0 Å². The summed E-state index contributed by atoms with van der Waals surface area (Å²) < 4.78 is 136. The summed E-state index contributed by atoms with van der Waals surface area (Å²) in [4.78, 5) is 39.5. The van der Waals surface area contributed by atoms with Crippen molar-refractivity contribution in [1.82, 2.24) is 0 Å². The molecule has 27 heavy (non-hydrogen) atoms. The van der Waals surface area contributed by atoms with Crippen LogP contribution in [0.15, 0.2) is 0 Å². The molecule has 0 fully saturated rings. The predicted octanol–water partition coefficient (Wildman–Crippen LogP) is 3.28. The molecule has 17 heteroatoms. The van der Waals surface area contributed by atoms with Crippen molar-refractivity contribution in [2.45, 2.75) is 37.5 Å². The monoisotopic (exact) mass is 530 g/mol. The maximum absolute atomic E-state index is 11.3. The van der Waals surface area contributed by atoms with E-state index in [-0.39, 0.29) is 27.3 Å². The zero-order valence-corrected chi connectivity index (χ0v) is 16.3. The molecule has 0 unspecified atom stereocenters. The average Bonchev–Trinajstić information content (AvgIpc) is 2.34. The van der Waals surface area contributed by atoms with Gasteiger partial charge >= 0.3 is 24.7 Å². The van der Waals surface area contributed by atoms with E-state index >= 15 is 0 Å². The number of alkyl halides is 12. The summed E-state index contributed by atoms with van der Waals surface area (Å²) in [6.45, 7) is 0. The Hall–Kier alpha value is -1.24. The Morgan fingerprint density at radius 2 is 0.519 bits per heavy atom. The Kier molecular flexibility index (Phi) is 11.7. The number of carbonyl (C=O) groups is 4. The molecule has 4 nitrogen and oxygen atoms in total. The van der Waals surface area contributed by atoms with Crippen molar-refractivity contribution in [1.29, 1.82) is 0 Å². The second kappa shape index (κ2) is 10.3. The molecule has 0 aliphatic heterocycles. The van der Waals surface area contributed by atoms with Crippen LogP contribution >= 0.6 is 0 Å². The van der Waals surface area contributed by atoms with E-state index in [1.54, 1.807) is 0 Å². The van der Waals surface area contributed by atoms with Crippen LogP contribution in [0.3, 0.4) is 0 Å². The van der Waals surface area contributed by atoms with Crippen LogP contribution < -0.4 is 0 Å². The van der Waals surface area contributed by atoms with Gasteiger partial charge in [0.15, 0.2) is 0 Å². The molecular weight excluding hydrogens is 524 g/mol. The van der Waals surface area contributed by atoms with E-state index in [1.807, 2.05) is 0 Å². The molecule has 0 heterocycles. The molecule has 0 aliphatic rings. The number of carbonyl (C=O) groups excluding carboxylic acids is 4. The number of halogens is 12. The van der Waals surface area contributed by atoms with Gasteiger partial charge in [0, 0.05) is 27.3 Å². The molecular formula is C10H4CdF12O4. The van der Waals surface area contributed by atoms with Crippen molar-refractivity contribution in [3.63, 3.8) is 0 Å². The first-order valence-electron chi connectivity index (χ1n) is 5.50. The van der Waals surface area contributed by atoms with Crippen LogP contribution in [0.2, 0.25) is 0 Å². The third-order valence-electron chi connectivity index (χ3n) is 1.91. The largest absolute Gasteiger partial charge is 0.450 e. The SMILES string of the molecule is O=C(CC(=O)C(F)(F)F)C(F)(F)F.O=C(CC(=O)C(F)(F)F)C(F)(F)F.[Cd]. The molecule has 0 amide bonds. The van der Waals surface area contributed by atoms with Crippen molar-refractivity contribution >= 4 is 23.1 Å². The van der Waals surface area contributed by atoms with Crippen LogP contribution in [0.4, 0.5) is 52.7 Å². The van der Waals surface area contributed by atoms with Gasteiger partial charge in [-0.1, -0.05) is 0 Å². The fourth-order valence-electron chi connectivity index (χ4n) is 0.693. The van der Waals surface area contributed by atoms with Crippen LogP contribution in [-0.2, 0) is 46.5 Å². The van der Waals surface area contributed by atoms with Gasteiger partial charge in [-0.2, -0.15) is 52.7 Å². The maximum atomic E-state index is 11.3. The Labute approximate surface area is 160 Å². The van der Waals surface area contributed by atoms with Gasteiger partial charge < -0.3 is 0 Å². The zero-order valence-electron chi connectivity index (χ0n) is 12.3. The van der Waals surface area contributed by atoms with Crippen LogP contribution in [-0.4, -0.2) is 47.8 Å². The van der Waals surface area contributed by atoms with Gasteiger partial charge in [-0.3, -0.25) is 19.2 Å². The first kappa shape index (κ1) is 30.5. The van der Waals surface area contributed by atoms with E-state index in [2.05, 4.69) is 0 Å². The van der Waals surface area contributed by atoms with Crippen LogP contribution in [0.5, 0.6) is 0 Å². The fraction of sp³-hybridized carbons (Fsp3) is 0.600. The van der Waals surface area contributed by atoms with E-state index < -0.39 is 60.7 Å². The van der Waals surface area contributed by atoms with E-state index in [1.165, 1.54) is 0 Å². The van der Waals surface area contributed by atoms with Crippen LogP contribution in [0.25, 0.3) is 0 Å². The minimum absolute atomic E-state index is 0. The standard InChI is InChI=1S/2C5H2F6O2.Cd/c2*6-4(7,8)2(12)1-3(13)5(9,10)11;/h2*1H2;. The first-order valence-corrected chi connectivity index (χ1v) is 5.50. The van der Waals surface area contributed by atoms with Crippen LogP contribution in [0, 0.1) is 0 Å². The smallest absolute Gasteiger partial charge is 0.289 e. The minimum Gasteiger partial charge on any atom is -0.289 e. The van der Waals surface area contributed by atoms with Gasteiger partial charge in [-0.05, 0) is 0 Å². The van der Waals surface area contributed by atoms with Gasteiger partial charge in [-0.25, -0.2) is 0 Å². The van der Waals surface area contributed by atoms with Gasteiger partial charge in [-0.15, -0.1) is 0 Å². The number of rotatable bonds is 4. The second-order valence-electron chi connectivity index (χ2n) is 4.04. The first-order chi connectivity index (χ1) is 11.1. The Balaban J connectivity index is -0.000000411. The van der Waals surface area contributed by atoms with Crippen LogP contribution in [0.1, 0.15) is 12.8 Å². The van der Waals surface area contributed by atoms with Crippen molar-refractivity contribution in [2.75, 3.05) is 0 Å². The summed E-state index contributed by atoms with van der Waals surface area (Å²) in [6, 6.07) is 0. The molecule has 0 aromatic carbocycles. The van der Waals surface area contributed by atoms with E-state index in [9.17, 15) is 71.9 Å². The Morgan fingerprint density at radius 1 is 0.407 bits per heavy atom. The van der Waals surface area contributed by atoms with Gasteiger partial charge in [0.25, 0.3) is 0 Å². The normalized spacial score (nSPS) is 12.3. The molecule has 0 aromatic rings. The van der Waals surface area contributed by atoms with Crippen molar-refractivity contribution in [3.8, 4) is 0 Å². The van der Waals surface area contributed by atoms with E-state index in [0.717, 1.165) is 0 Å². The van der Waals surface area contributed by atoms with Gasteiger partial charge in [0.05, 0.1) is 12.8 Å². The summed E-state index contributed by atoms with van der Waals surface area (Å²) in [6.07, 6.45) is -26.0. The summed E-state index contributed by atoms with van der Waals surface area (Å²) in [7, 11) is 0.